The Morgan fingerprint density at radius 2 is 2.32 bits per heavy atom. The Balaban J connectivity index is 1.65. The summed E-state index contributed by atoms with van der Waals surface area (Å²) in [4.78, 5) is 32.5. The topological polar surface area (TPSA) is 62.3 Å². The van der Waals surface area contributed by atoms with Crippen LogP contribution in [0.5, 0.6) is 0 Å². The number of carbonyl (C=O) groups is 2. The molecule has 3 rings (SSSR count). The first-order valence-electron chi connectivity index (χ1n) is 7.17. The maximum Gasteiger partial charge on any atom is 0.231 e. The second kappa shape index (κ2) is 6.18. The van der Waals surface area contributed by atoms with E-state index in [1.165, 1.54) is 16.2 Å². The van der Waals surface area contributed by atoms with E-state index in [0.29, 0.717) is 24.6 Å². The van der Waals surface area contributed by atoms with E-state index in [4.69, 9.17) is 0 Å². The number of aryl methyl sites for hydroxylation is 1. The van der Waals surface area contributed by atoms with E-state index in [1.807, 2.05) is 18.4 Å². The highest BCUT2D eigenvalue weighted by atomic mass is 32.1. The van der Waals surface area contributed by atoms with Gasteiger partial charge < -0.3 is 10.2 Å². The van der Waals surface area contributed by atoms with Crippen LogP contribution in [-0.4, -0.2) is 34.8 Å². The molecule has 5 nitrogen and oxygen atoms in total. The van der Waals surface area contributed by atoms with Crippen molar-refractivity contribution in [3.63, 3.8) is 0 Å². The Hall–Kier alpha value is -1.73. The fourth-order valence-electron chi connectivity index (χ4n) is 2.48. The van der Waals surface area contributed by atoms with Crippen LogP contribution in [0.1, 0.15) is 18.2 Å². The third-order valence-electron chi connectivity index (χ3n) is 3.69. The number of thiophene rings is 1. The van der Waals surface area contributed by atoms with Crippen molar-refractivity contribution >= 4 is 39.6 Å². The molecule has 1 aliphatic heterocycles. The SMILES string of the molecule is CCN1CC(C(=O)Nc2nc(-c3ccc(C)s3)cs2)CC1=O. The molecule has 2 aromatic heterocycles. The fraction of sp³-hybridized carbons (Fsp3) is 0.400. The molecule has 1 atom stereocenters. The van der Waals surface area contributed by atoms with Gasteiger partial charge in [-0.1, -0.05) is 0 Å². The molecular weight excluding hydrogens is 318 g/mol. The van der Waals surface area contributed by atoms with Gasteiger partial charge in [-0.2, -0.15) is 0 Å². The summed E-state index contributed by atoms with van der Waals surface area (Å²) in [6.45, 7) is 5.14. The normalized spacial score (nSPS) is 18.0. The summed E-state index contributed by atoms with van der Waals surface area (Å²) < 4.78 is 0. The number of hydrogen-bond acceptors (Lipinski definition) is 5. The summed E-state index contributed by atoms with van der Waals surface area (Å²) in [5, 5.41) is 5.37. The van der Waals surface area contributed by atoms with E-state index in [-0.39, 0.29) is 17.7 Å². The monoisotopic (exact) mass is 335 g/mol. The number of carbonyl (C=O) groups excluding carboxylic acids is 2. The van der Waals surface area contributed by atoms with Crippen LogP contribution in [0, 0.1) is 12.8 Å². The van der Waals surface area contributed by atoms with Gasteiger partial charge in [0.1, 0.15) is 0 Å². The molecule has 0 spiro atoms. The van der Waals surface area contributed by atoms with E-state index >= 15 is 0 Å². The second-order valence-corrected chi connectivity index (χ2v) is 7.42. The number of nitrogens with zero attached hydrogens (tertiary/aromatic N) is 2. The summed E-state index contributed by atoms with van der Waals surface area (Å²) in [5.74, 6) is -0.340. The lowest BCUT2D eigenvalue weighted by Crippen LogP contribution is -2.28. The molecule has 0 aliphatic carbocycles. The maximum absolute atomic E-state index is 12.3. The molecule has 3 heterocycles. The molecule has 1 saturated heterocycles. The Morgan fingerprint density at radius 1 is 1.50 bits per heavy atom. The minimum Gasteiger partial charge on any atom is -0.342 e. The quantitative estimate of drug-likeness (QED) is 0.934. The Morgan fingerprint density at radius 3 is 2.95 bits per heavy atom. The Kier molecular flexibility index (Phi) is 4.26. The molecule has 116 valence electrons. The number of rotatable bonds is 4. The van der Waals surface area contributed by atoms with Crippen molar-refractivity contribution in [2.24, 2.45) is 5.92 Å². The van der Waals surface area contributed by atoms with Crippen LogP contribution >= 0.6 is 22.7 Å². The largest absolute Gasteiger partial charge is 0.342 e. The second-order valence-electron chi connectivity index (χ2n) is 5.27. The van der Waals surface area contributed by atoms with Gasteiger partial charge in [0, 0.05) is 29.8 Å². The maximum atomic E-state index is 12.3. The van der Waals surface area contributed by atoms with Gasteiger partial charge in [-0.3, -0.25) is 9.59 Å². The van der Waals surface area contributed by atoms with Crippen LogP contribution < -0.4 is 5.32 Å². The highest BCUT2D eigenvalue weighted by Crippen LogP contribution is 2.30. The van der Waals surface area contributed by atoms with Gasteiger partial charge in [-0.15, -0.1) is 22.7 Å². The van der Waals surface area contributed by atoms with Crippen molar-refractivity contribution in [3.05, 3.63) is 22.4 Å². The third-order valence-corrected chi connectivity index (χ3v) is 5.48. The Bertz CT molecular complexity index is 707. The van der Waals surface area contributed by atoms with Gasteiger partial charge in [-0.05, 0) is 26.0 Å². The number of hydrogen-bond donors (Lipinski definition) is 1. The molecule has 0 bridgehead atoms. The first-order chi connectivity index (χ1) is 10.6. The van der Waals surface area contributed by atoms with Crippen LogP contribution in [0.4, 0.5) is 5.13 Å². The number of thiazole rings is 1. The van der Waals surface area contributed by atoms with Gasteiger partial charge in [0.05, 0.1) is 16.5 Å². The van der Waals surface area contributed by atoms with Crippen molar-refractivity contribution in [2.45, 2.75) is 20.3 Å². The van der Waals surface area contributed by atoms with Crippen molar-refractivity contribution in [2.75, 3.05) is 18.4 Å². The molecule has 1 unspecified atom stereocenters. The standard InChI is InChI=1S/C15H17N3O2S2/c1-3-18-7-10(6-13(18)19)14(20)17-15-16-11(8-21-15)12-5-4-9(2)22-12/h4-5,8,10H,3,6-7H2,1-2H3,(H,16,17,20). The molecule has 0 aromatic carbocycles. The average molecular weight is 335 g/mol. The van der Waals surface area contributed by atoms with E-state index in [1.54, 1.807) is 16.2 Å². The van der Waals surface area contributed by atoms with Crippen molar-refractivity contribution in [1.82, 2.24) is 9.88 Å². The lowest BCUT2D eigenvalue weighted by atomic mass is 10.1. The van der Waals surface area contributed by atoms with Crippen molar-refractivity contribution in [1.29, 1.82) is 0 Å². The predicted octanol–water partition coefficient (Wildman–Crippen LogP) is 2.99. The van der Waals surface area contributed by atoms with Crippen molar-refractivity contribution in [3.8, 4) is 10.6 Å². The lowest BCUT2D eigenvalue weighted by Gasteiger charge is -2.12. The smallest absolute Gasteiger partial charge is 0.231 e. The molecule has 0 saturated carbocycles. The summed E-state index contributed by atoms with van der Waals surface area (Å²) in [5.41, 5.74) is 0.885. The minimum atomic E-state index is -0.274. The zero-order valence-electron chi connectivity index (χ0n) is 12.5. The van der Waals surface area contributed by atoms with E-state index in [2.05, 4.69) is 23.3 Å². The van der Waals surface area contributed by atoms with Crippen molar-refractivity contribution < 1.29 is 9.59 Å². The number of nitrogens with one attached hydrogen (secondary N) is 1. The molecule has 1 fully saturated rings. The molecular formula is C15H17N3O2S2. The number of aromatic nitrogens is 1. The lowest BCUT2D eigenvalue weighted by molar-refractivity contribution is -0.128. The van der Waals surface area contributed by atoms with Crippen LogP contribution in [-0.2, 0) is 9.59 Å². The molecule has 22 heavy (non-hydrogen) atoms. The van der Waals surface area contributed by atoms with E-state index in [0.717, 1.165) is 10.6 Å². The first kappa shape index (κ1) is 15.2. The zero-order valence-corrected chi connectivity index (χ0v) is 14.1. The molecule has 1 N–H and O–H groups in total. The van der Waals surface area contributed by atoms with Crippen LogP contribution in [0.25, 0.3) is 10.6 Å². The zero-order chi connectivity index (χ0) is 15.7. The average Bonchev–Trinajstić information content (AvgIpc) is 3.18. The highest BCUT2D eigenvalue weighted by Gasteiger charge is 2.33. The van der Waals surface area contributed by atoms with Gasteiger partial charge in [0.2, 0.25) is 11.8 Å². The third kappa shape index (κ3) is 3.05. The minimum absolute atomic E-state index is 0.0524. The molecule has 7 heteroatoms. The fourth-order valence-corrected chi connectivity index (χ4v) is 4.09. The van der Waals surface area contributed by atoms with Crippen LogP contribution in [0.3, 0.4) is 0 Å². The predicted molar refractivity (Wildman–Crippen MR) is 89.2 cm³/mol. The number of likely N-dealkylation sites (tertiary alicyclic amines) is 1. The summed E-state index contributed by atoms with van der Waals surface area (Å²) >= 11 is 3.10. The van der Waals surface area contributed by atoms with Gasteiger partial charge in [-0.25, -0.2) is 4.98 Å². The number of anilines is 1. The summed E-state index contributed by atoms with van der Waals surface area (Å²) in [6, 6.07) is 4.09. The van der Waals surface area contributed by atoms with Gasteiger partial charge in [0.15, 0.2) is 5.13 Å². The van der Waals surface area contributed by atoms with Gasteiger partial charge >= 0.3 is 0 Å². The molecule has 0 radical (unpaired) electrons. The molecule has 1 aliphatic rings. The van der Waals surface area contributed by atoms with Gasteiger partial charge in [0.25, 0.3) is 0 Å². The molecule has 2 amide bonds. The summed E-state index contributed by atoms with van der Waals surface area (Å²) in [6.07, 6.45) is 0.294. The van der Waals surface area contributed by atoms with E-state index in [9.17, 15) is 9.59 Å². The molecule has 2 aromatic rings. The summed E-state index contributed by atoms with van der Waals surface area (Å²) in [7, 11) is 0. The van der Waals surface area contributed by atoms with Crippen LogP contribution in [0.15, 0.2) is 17.5 Å². The van der Waals surface area contributed by atoms with E-state index < -0.39 is 0 Å². The first-order valence-corrected chi connectivity index (χ1v) is 8.87. The number of amides is 2. The highest BCUT2D eigenvalue weighted by molar-refractivity contribution is 7.17. The Labute approximate surface area is 137 Å². The van der Waals surface area contributed by atoms with Crippen LogP contribution in [0.2, 0.25) is 0 Å².